The number of benzene rings is 2. The van der Waals surface area contributed by atoms with Gasteiger partial charge in [0.25, 0.3) is 5.91 Å². The van der Waals surface area contributed by atoms with E-state index in [1.165, 1.54) is 22.5 Å². The van der Waals surface area contributed by atoms with E-state index in [0.717, 1.165) is 5.56 Å². The second kappa shape index (κ2) is 11.4. The molecule has 37 heavy (non-hydrogen) atoms. The Morgan fingerprint density at radius 1 is 1.22 bits per heavy atom. The maximum absolute atomic E-state index is 13.6. The van der Waals surface area contributed by atoms with Gasteiger partial charge in [0.05, 0.1) is 11.0 Å². The van der Waals surface area contributed by atoms with E-state index in [2.05, 4.69) is 15.6 Å². The van der Waals surface area contributed by atoms with Gasteiger partial charge < -0.3 is 14.8 Å². The molecule has 11 heteroatoms. The third kappa shape index (κ3) is 6.73. The van der Waals surface area contributed by atoms with Crippen molar-refractivity contribution in [2.45, 2.75) is 56.6 Å². The minimum Gasteiger partial charge on any atom is -0.423 e. The second-order valence-electron chi connectivity index (χ2n) is 9.69. The predicted octanol–water partition coefficient (Wildman–Crippen LogP) is 2.69. The SMILES string of the molecule is CC(C)CN(CC(O)CCc1ccccc1)S(=O)(=O)c1ccc2nc(NC(=O)C3CCC(=O)N3)oc2c1. The van der Waals surface area contributed by atoms with E-state index < -0.39 is 28.1 Å². The molecule has 10 nitrogen and oxygen atoms in total. The molecule has 2 heterocycles. The second-order valence-corrected chi connectivity index (χ2v) is 11.6. The molecule has 0 radical (unpaired) electrons. The number of aromatic nitrogens is 1. The van der Waals surface area contributed by atoms with Crippen molar-refractivity contribution in [3.63, 3.8) is 0 Å². The van der Waals surface area contributed by atoms with E-state index in [1.807, 2.05) is 44.2 Å². The number of aliphatic hydroxyl groups is 1. The summed E-state index contributed by atoms with van der Waals surface area (Å²) in [6.45, 7) is 4.05. The number of aryl methyl sites for hydroxylation is 1. The number of rotatable bonds is 11. The van der Waals surface area contributed by atoms with Crippen molar-refractivity contribution in [3.8, 4) is 0 Å². The van der Waals surface area contributed by atoms with E-state index in [4.69, 9.17) is 4.42 Å². The Morgan fingerprint density at radius 2 is 1.97 bits per heavy atom. The predicted molar refractivity (Wildman–Crippen MR) is 138 cm³/mol. The minimum absolute atomic E-state index is 0.00740. The average Bonchev–Trinajstić information content (AvgIpc) is 3.47. The molecule has 2 amide bonds. The topological polar surface area (TPSA) is 142 Å². The fraction of sp³-hybridized carbons (Fsp3) is 0.423. The van der Waals surface area contributed by atoms with Crippen molar-refractivity contribution < 1.29 is 27.5 Å². The lowest BCUT2D eigenvalue weighted by Gasteiger charge is -2.26. The van der Waals surface area contributed by atoms with Crippen LogP contribution in [0.3, 0.4) is 0 Å². The number of sulfonamides is 1. The number of fused-ring (bicyclic) bond motifs is 1. The van der Waals surface area contributed by atoms with Crippen LogP contribution in [0.25, 0.3) is 11.1 Å². The summed E-state index contributed by atoms with van der Waals surface area (Å²) in [5.74, 6) is -0.593. The van der Waals surface area contributed by atoms with E-state index in [1.54, 1.807) is 0 Å². The Kier molecular flexibility index (Phi) is 8.25. The lowest BCUT2D eigenvalue weighted by molar-refractivity contribution is -0.122. The Hall–Kier alpha value is -3.28. The molecule has 3 N–H and O–H groups in total. The first-order valence-electron chi connectivity index (χ1n) is 12.3. The molecule has 1 aliphatic heterocycles. The number of hydrogen-bond donors (Lipinski definition) is 3. The van der Waals surface area contributed by atoms with E-state index >= 15 is 0 Å². The molecule has 1 aromatic heterocycles. The Balaban J connectivity index is 1.48. The Bertz CT molecular complexity index is 1360. The summed E-state index contributed by atoms with van der Waals surface area (Å²) in [5.41, 5.74) is 1.65. The molecule has 0 aliphatic carbocycles. The normalized spacial score (nSPS) is 16.9. The molecule has 3 aromatic rings. The van der Waals surface area contributed by atoms with Crippen LogP contribution in [-0.4, -0.2) is 59.9 Å². The van der Waals surface area contributed by atoms with Crippen LogP contribution in [0, 0.1) is 5.92 Å². The molecule has 4 rings (SSSR count). The summed E-state index contributed by atoms with van der Waals surface area (Å²) in [6.07, 6.45) is 0.901. The summed E-state index contributed by atoms with van der Waals surface area (Å²) in [7, 11) is -3.95. The third-order valence-corrected chi connectivity index (χ3v) is 7.96. The van der Waals surface area contributed by atoms with Crippen LogP contribution in [0.2, 0.25) is 0 Å². The van der Waals surface area contributed by atoms with Gasteiger partial charge in [-0.1, -0.05) is 44.2 Å². The minimum atomic E-state index is -3.95. The first kappa shape index (κ1) is 26.8. The Morgan fingerprint density at radius 3 is 2.65 bits per heavy atom. The molecule has 0 spiro atoms. The lowest BCUT2D eigenvalue weighted by atomic mass is 10.1. The van der Waals surface area contributed by atoms with Crippen LogP contribution < -0.4 is 10.6 Å². The van der Waals surface area contributed by atoms with Crippen molar-refractivity contribution in [1.82, 2.24) is 14.6 Å². The van der Waals surface area contributed by atoms with Crippen molar-refractivity contribution in [2.75, 3.05) is 18.4 Å². The number of oxazole rings is 1. The highest BCUT2D eigenvalue weighted by molar-refractivity contribution is 7.89. The quantitative estimate of drug-likeness (QED) is 0.347. The van der Waals surface area contributed by atoms with Crippen molar-refractivity contribution in [3.05, 3.63) is 54.1 Å². The lowest BCUT2D eigenvalue weighted by Crippen LogP contribution is -2.40. The molecule has 0 bridgehead atoms. The van der Waals surface area contributed by atoms with Gasteiger partial charge in [-0.25, -0.2) is 8.42 Å². The van der Waals surface area contributed by atoms with E-state index in [9.17, 15) is 23.1 Å². The van der Waals surface area contributed by atoms with Gasteiger partial charge in [0.2, 0.25) is 15.9 Å². The number of aliphatic hydroxyl groups excluding tert-OH is 1. The number of hydrogen-bond acceptors (Lipinski definition) is 7. The molecule has 198 valence electrons. The van der Waals surface area contributed by atoms with Crippen molar-refractivity contribution in [1.29, 1.82) is 0 Å². The summed E-state index contributed by atoms with van der Waals surface area (Å²) in [6, 6.07) is 13.3. The van der Waals surface area contributed by atoms with Crippen LogP contribution >= 0.6 is 0 Å². The first-order valence-corrected chi connectivity index (χ1v) is 13.8. The largest absolute Gasteiger partial charge is 0.423 e. The number of anilines is 1. The molecule has 1 saturated heterocycles. The van der Waals surface area contributed by atoms with E-state index in [-0.39, 0.29) is 47.8 Å². The van der Waals surface area contributed by atoms with Gasteiger partial charge in [-0.15, -0.1) is 0 Å². The molecule has 1 fully saturated rings. The molecule has 2 atom stereocenters. The molecule has 0 saturated carbocycles. The standard InChI is InChI=1S/C26H32N4O6S/c1-17(2)15-30(16-19(31)9-8-18-6-4-3-5-7-18)37(34,35)20-10-11-21-23(14-20)36-26(28-21)29-25(33)22-12-13-24(32)27-22/h3-7,10-11,14,17,19,22,31H,8-9,12-13,15-16H2,1-2H3,(H,27,32)(H,28,29,33). The molecular weight excluding hydrogens is 496 g/mol. The highest BCUT2D eigenvalue weighted by atomic mass is 32.2. The van der Waals surface area contributed by atoms with Gasteiger partial charge in [-0.2, -0.15) is 9.29 Å². The third-order valence-electron chi connectivity index (χ3n) is 6.13. The summed E-state index contributed by atoms with van der Waals surface area (Å²) < 4.78 is 34.0. The average molecular weight is 529 g/mol. The van der Waals surface area contributed by atoms with Gasteiger partial charge >= 0.3 is 6.01 Å². The highest BCUT2D eigenvalue weighted by Crippen LogP contribution is 2.26. The van der Waals surface area contributed by atoms with Gasteiger partial charge in [-0.3, -0.25) is 14.9 Å². The fourth-order valence-electron chi connectivity index (χ4n) is 4.25. The highest BCUT2D eigenvalue weighted by Gasteiger charge is 2.30. The fourth-order valence-corrected chi connectivity index (χ4v) is 5.91. The van der Waals surface area contributed by atoms with Crippen molar-refractivity contribution in [2.24, 2.45) is 5.92 Å². The zero-order valence-electron chi connectivity index (χ0n) is 20.9. The number of nitrogens with one attached hydrogen (secondary N) is 2. The molecule has 2 aromatic carbocycles. The maximum Gasteiger partial charge on any atom is 0.302 e. The molecule has 1 aliphatic rings. The maximum atomic E-state index is 13.6. The zero-order valence-corrected chi connectivity index (χ0v) is 21.7. The van der Waals surface area contributed by atoms with Crippen molar-refractivity contribution >= 4 is 39.0 Å². The van der Waals surface area contributed by atoms with E-state index in [0.29, 0.717) is 24.8 Å². The van der Waals surface area contributed by atoms with Crippen LogP contribution in [0.15, 0.2) is 57.8 Å². The number of carbonyl (C=O) groups excluding carboxylic acids is 2. The van der Waals surface area contributed by atoms with Gasteiger partial charge in [0.1, 0.15) is 11.6 Å². The number of carbonyl (C=O) groups is 2. The van der Waals surface area contributed by atoms with Crippen LogP contribution in [-0.2, 0) is 26.0 Å². The van der Waals surface area contributed by atoms with Gasteiger partial charge in [0.15, 0.2) is 5.58 Å². The monoisotopic (exact) mass is 528 g/mol. The zero-order chi connectivity index (χ0) is 26.6. The first-order chi connectivity index (χ1) is 17.6. The Labute approximate surface area is 216 Å². The molecule has 2 unspecified atom stereocenters. The van der Waals surface area contributed by atoms with Gasteiger partial charge in [-0.05, 0) is 42.9 Å². The summed E-state index contributed by atoms with van der Waals surface area (Å²) in [4.78, 5) is 27.9. The molecular formula is C26H32N4O6S. The van der Waals surface area contributed by atoms with Crippen LogP contribution in [0.1, 0.15) is 38.7 Å². The summed E-state index contributed by atoms with van der Waals surface area (Å²) in [5, 5.41) is 15.8. The smallest absolute Gasteiger partial charge is 0.302 e. The van der Waals surface area contributed by atoms with Crippen LogP contribution in [0.5, 0.6) is 0 Å². The summed E-state index contributed by atoms with van der Waals surface area (Å²) >= 11 is 0. The van der Waals surface area contributed by atoms with Gasteiger partial charge in [0, 0.05) is 25.6 Å². The number of nitrogens with zero attached hydrogens (tertiary/aromatic N) is 2. The number of amides is 2. The van der Waals surface area contributed by atoms with Crippen LogP contribution in [0.4, 0.5) is 6.01 Å².